The summed E-state index contributed by atoms with van der Waals surface area (Å²) in [7, 11) is 3.67. The summed E-state index contributed by atoms with van der Waals surface area (Å²) in [6, 6.07) is 8.21. The van der Waals surface area contributed by atoms with E-state index in [1.54, 1.807) is 7.11 Å². The number of methoxy groups -OCH3 is 1. The van der Waals surface area contributed by atoms with Crippen LogP contribution in [0.4, 0.5) is 0 Å². The summed E-state index contributed by atoms with van der Waals surface area (Å²) < 4.78 is 7.21. The van der Waals surface area contributed by atoms with Crippen LogP contribution in [-0.4, -0.2) is 40.9 Å². The van der Waals surface area contributed by atoms with Gasteiger partial charge in [0.1, 0.15) is 18.1 Å². The Bertz CT molecular complexity index is 802. The molecule has 1 aromatic heterocycles. The summed E-state index contributed by atoms with van der Waals surface area (Å²) in [5.41, 5.74) is 1.70. The van der Waals surface area contributed by atoms with Crippen molar-refractivity contribution in [1.29, 1.82) is 0 Å². The molecule has 158 valence electrons. The van der Waals surface area contributed by atoms with Crippen molar-refractivity contribution in [1.82, 2.24) is 25.4 Å². The minimum absolute atomic E-state index is 0.430. The van der Waals surface area contributed by atoms with Gasteiger partial charge in [-0.2, -0.15) is 0 Å². The Morgan fingerprint density at radius 1 is 1.21 bits per heavy atom. The first kappa shape index (κ1) is 21.1. The Morgan fingerprint density at radius 3 is 2.52 bits per heavy atom. The number of hydrogen-bond donors (Lipinski definition) is 2. The lowest BCUT2D eigenvalue weighted by Gasteiger charge is -2.41. The predicted molar refractivity (Wildman–Crippen MR) is 116 cm³/mol. The van der Waals surface area contributed by atoms with Crippen molar-refractivity contribution in [3.8, 4) is 5.75 Å². The Kier molecular flexibility index (Phi) is 7.12. The minimum Gasteiger partial charge on any atom is -0.497 e. The van der Waals surface area contributed by atoms with Crippen molar-refractivity contribution in [3.05, 3.63) is 41.5 Å². The molecule has 7 nitrogen and oxygen atoms in total. The number of rotatable bonds is 9. The molecule has 0 saturated heterocycles. The average Bonchev–Trinajstić information content (AvgIpc) is 3.03. The second-order valence-corrected chi connectivity index (χ2v) is 7.97. The summed E-state index contributed by atoms with van der Waals surface area (Å²) in [5, 5.41) is 15.4. The number of nitrogens with zero attached hydrogens (tertiary/aromatic N) is 4. The molecule has 1 aromatic carbocycles. The topological polar surface area (TPSA) is 76.4 Å². The molecule has 1 fully saturated rings. The molecule has 1 saturated carbocycles. The second-order valence-electron chi connectivity index (χ2n) is 7.97. The van der Waals surface area contributed by atoms with Gasteiger partial charge in [0.2, 0.25) is 0 Å². The zero-order valence-electron chi connectivity index (χ0n) is 18.2. The van der Waals surface area contributed by atoms with Crippen molar-refractivity contribution in [3.63, 3.8) is 0 Å². The smallest absolute Gasteiger partial charge is 0.191 e. The van der Waals surface area contributed by atoms with Crippen LogP contribution in [0.1, 0.15) is 49.8 Å². The van der Waals surface area contributed by atoms with Gasteiger partial charge in [-0.15, -0.1) is 10.2 Å². The van der Waals surface area contributed by atoms with E-state index in [0.29, 0.717) is 12.0 Å². The van der Waals surface area contributed by atoms with E-state index in [9.17, 15) is 0 Å². The predicted octanol–water partition coefficient (Wildman–Crippen LogP) is 2.99. The van der Waals surface area contributed by atoms with Gasteiger partial charge in [0.25, 0.3) is 0 Å². The lowest BCUT2D eigenvalue weighted by Crippen LogP contribution is -2.46. The van der Waals surface area contributed by atoms with Gasteiger partial charge in [0.05, 0.1) is 7.11 Å². The summed E-state index contributed by atoms with van der Waals surface area (Å²) in [6.45, 7) is 6.53. The van der Waals surface area contributed by atoms with E-state index in [4.69, 9.17) is 9.73 Å². The van der Waals surface area contributed by atoms with Gasteiger partial charge in [-0.3, -0.25) is 0 Å². The van der Waals surface area contributed by atoms with Gasteiger partial charge in [0.15, 0.2) is 11.8 Å². The highest BCUT2D eigenvalue weighted by Gasteiger charge is 2.34. The van der Waals surface area contributed by atoms with Crippen LogP contribution < -0.4 is 15.4 Å². The third-order valence-electron chi connectivity index (χ3n) is 6.22. The molecular weight excluding hydrogens is 364 g/mol. The Balaban J connectivity index is 1.59. The van der Waals surface area contributed by atoms with Crippen LogP contribution in [0.3, 0.4) is 0 Å². The van der Waals surface area contributed by atoms with Gasteiger partial charge >= 0.3 is 0 Å². The van der Waals surface area contributed by atoms with Crippen LogP contribution >= 0.6 is 0 Å². The van der Waals surface area contributed by atoms with E-state index in [0.717, 1.165) is 42.9 Å². The molecule has 2 N–H and O–H groups in total. The molecule has 0 atom stereocenters. The molecule has 7 heteroatoms. The van der Waals surface area contributed by atoms with Gasteiger partial charge in [-0.1, -0.05) is 25.5 Å². The monoisotopic (exact) mass is 398 g/mol. The van der Waals surface area contributed by atoms with Crippen LogP contribution in [0.15, 0.2) is 29.3 Å². The number of aliphatic imine (C=N–C) groups is 1. The second kappa shape index (κ2) is 9.76. The maximum atomic E-state index is 5.23. The van der Waals surface area contributed by atoms with Crippen LogP contribution in [0.25, 0.3) is 0 Å². The van der Waals surface area contributed by atoms with Gasteiger partial charge in [-0.25, -0.2) is 4.99 Å². The van der Waals surface area contributed by atoms with Crippen LogP contribution in [0.2, 0.25) is 0 Å². The van der Waals surface area contributed by atoms with E-state index in [-0.39, 0.29) is 0 Å². The molecule has 0 aliphatic heterocycles. The van der Waals surface area contributed by atoms with Gasteiger partial charge in [0, 0.05) is 20.1 Å². The lowest BCUT2D eigenvalue weighted by atomic mass is 9.67. The fraction of sp³-hybridized carbons (Fsp3) is 0.591. The maximum absolute atomic E-state index is 5.23. The number of nitrogens with one attached hydrogen (secondary N) is 2. The molecule has 0 amide bonds. The van der Waals surface area contributed by atoms with Gasteiger partial charge < -0.3 is 19.9 Å². The van der Waals surface area contributed by atoms with Crippen molar-refractivity contribution in [2.75, 3.05) is 20.2 Å². The highest BCUT2D eigenvalue weighted by molar-refractivity contribution is 5.79. The molecule has 1 heterocycles. The van der Waals surface area contributed by atoms with Crippen molar-refractivity contribution >= 4 is 5.96 Å². The fourth-order valence-electron chi connectivity index (χ4n) is 3.63. The van der Waals surface area contributed by atoms with E-state index < -0.39 is 0 Å². The zero-order valence-corrected chi connectivity index (χ0v) is 18.2. The Labute approximate surface area is 174 Å². The highest BCUT2D eigenvalue weighted by Crippen LogP contribution is 2.42. The molecular formula is C22H34N6O. The minimum atomic E-state index is 0.430. The quantitative estimate of drug-likeness (QED) is 0.502. The maximum Gasteiger partial charge on any atom is 0.191 e. The number of aryl methyl sites for hydroxylation is 1. The third kappa shape index (κ3) is 5.49. The van der Waals surface area contributed by atoms with Crippen molar-refractivity contribution < 1.29 is 4.74 Å². The van der Waals surface area contributed by atoms with Crippen molar-refractivity contribution in [2.45, 2.75) is 52.5 Å². The summed E-state index contributed by atoms with van der Waals surface area (Å²) >= 11 is 0. The SMILES string of the molecule is CCC1(CNC(=NCc2nnc(C)n2C)NCCc2ccc(OC)cc2)CCC1. The normalized spacial score (nSPS) is 15.7. The zero-order chi connectivity index (χ0) is 20.7. The average molecular weight is 399 g/mol. The summed E-state index contributed by atoms with van der Waals surface area (Å²) in [6.07, 6.45) is 6.08. The summed E-state index contributed by atoms with van der Waals surface area (Å²) in [4.78, 5) is 4.77. The summed E-state index contributed by atoms with van der Waals surface area (Å²) in [5.74, 6) is 3.50. The first-order valence-corrected chi connectivity index (χ1v) is 10.6. The fourth-order valence-corrected chi connectivity index (χ4v) is 3.63. The molecule has 1 aliphatic carbocycles. The first-order chi connectivity index (χ1) is 14.0. The molecule has 1 aliphatic rings. The Hall–Kier alpha value is -2.57. The van der Waals surface area contributed by atoms with E-state index >= 15 is 0 Å². The third-order valence-corrected chi connectivity index (χ3v) is 6.22. The molecule has 29 heavy (non-hydrogen) atoms. The number of benzene rings is 1. The molecule has 0 spiro atoms. The number of guanidine groups is 1. The van der Waals surface area contributed by atoms with E-state index in [2.05, 4.69) is 39.9 Å². The van der Waals surface area contributed by atoms with E-state index in [1.807, 2.05) is 30.7 Å². The standard InChI is InChI=1S/C22H34N6O/c1-5-22(12-6-13-22)16-25-21(24-15-20-27-26-17(2)28(20)3)23-14-11-18-7-9-19(29-4)10-8-18/h7-10H,5-6,11-16H2,1-4H3,(H2,23,24,25). The lowest BCUT2D eigenvalue weighted by molar-refractivity contribution is 0.131. The number of ether oxygens (including phenoxy) is 1. The van der Waals surface area contributed by atoms with Crippen LogP contribution in [0.5, 0.6) is 5.75 Å². The number of aromatic nitrogens is 3. The Morgan fingerprint density at radius 2 is 1.97 bits per heavy atom. The van der Waals surface area contributed by atoms with Gasteiger partial charge in [-0.05, 0) is 55.7 Å². The molecule has 0 radical (unpaired) electrons. The highest BCUT2D eigenvalue weighted by atomic mass is 16.5. The molecule has 0 bridgehead atoms. The molecule has 2 aromatic rings. The first-order valence-electron chi connectivity index (χ1n) is 10.6. The molecule has 0 unspecified atom stereocenters. The van der Waals surface area contributed by atoms with Crippen LogP contribution in [-0.2, 0) is 20.0 Å². The molecule has 3 rings (SSSR count). The van der Waals surface area contributed by atoms with E-state index in [1.165, 1.54) is 31.2 Å². The number of hydrogen-bond acceptors (Lipinski definition) is 4. The largest absolute Gasteiger partial charge is 0.497 e. The van der Waals surface area contributed by atoms with Crippen LogP contribution in [0, 0.1) is 12.3 Å². The van der Waals surface area contributed by atoms with Crippen molar-refractivity contribution in [2.24, 2.45) is 17.5 Å².